The van der Waals surface area contributed by atoms with Crippen LogP contribution in [0.4, 0.5) is 5.95 Å². The van der Waals surface area contributed by atoms with Crippen LogP contribution in [0.3, 0.4) is 0 Å². The van der Waals surface area contributed by atoms with Crippen LogP contribution in [-0.2, 0) is 0 Å². The summed E-state index contributed by atoms with van der Waals surface area (Å²) in [7, 11) is 0. The number of nitrogen functional groups attached to an aromatic ring is 1. The molecule has 0 saturated carbocycles. The molecule has 90 valence electrons. The summed E-state index contributed by atoms with van der Waals surface area (Å²) >= 11 is 3.38. The highest BCUT2D eigenvalue weighted by Gasteiger charge is 2.10. The highest BCUT2D eigenvalue weighted by molar-refractivity contribution is 9.10. The Morgan fingerprint density at radius 3 is 2.94 bits per heavy atom. The van der Waals surface area contributed by atoms with Crippen molar-refractivity contribution in [2.24, 2.45) is 0 Å². The molecule has 2 aromatic heterocycles. The Hall–Kier alpha value is -2.15. The second kappa shape index (κ2) is 3.95. The first-order valence-corrected chi connectivity index (χ1v) is 5.93. The predicted octanol–water partition coefficient (Wildman–Crippen LogP) is 1.45. The summed E-state index contributed by atoms with van der Waals surface area (Å²) in [5.74, 6) is 0.570. The summed E-state index contributed by atoms with van der Waals surface area (Å²) in [4.78, 5) is 22.6. The predicted molar refractivity (Wildman–Crippen MR) is 71.6 cm³/mol. The zero-order valence-corrected chi connectivity index (χ0v) is 10.7. The molecule has 0 unspecified atom stereocenters. The SMILES string of the molecule is Nc1nccc(-n2c(=O)[nH]c3ccc(Br)cc32)n1. The number of imidazole rings is 1. The second-order valence-corrected chi connectivity index (χ2v) is 4.62. The van der Waals surface area contributed by atoms with E-state index in [-0.39, 0.29) is 11.6 Å². The van der Waals surface area contributed by atoms with Crippen LogP contribution in [-0.4, -0.2) is 19.5 Å². The van der Waals surface area contributed by atoms with Crippen LogP contribution in [0, 0.1) is 0 Å². The molecule has 3 N–H and O–H groups in total. The van der Waals surface area contributed by atoms with E-state index >= 15 is 0 Å². The number of aromatic nitrogens is 4. The quantitative estimate of drug-likeness (QED) is 0.712. The van der Waals surface area contributed by atoms with Crippen molar-refractivity contribution in [1.29, 1.82) is 0 Å². The summed E-state index contributed by atoms with van der Waals surface area (Å²) < 4.78 is 2.34. The van der Waals surface area contributed by atoms with E-state index in [0.29, 0.717) is 5.82 Å². The number of nitrogens with two attached hydrogens (primary N) is 1. The van der Waals surface area contributed by atoms with Gasteiger partial charge in [0.15, 0.2) is 0 Å². The molecule has 0 aliphatic rings. The molecule has 1 aromatic carbocycles. The number of halogens is 1. The highest BCUT2D eigenvalue weighted by Crippen LogP contribution is 2.19. The zero-order chi connectivity index (χ0) is 12.7. The molecule has 0 aliphatic carbocycles. The first-order chi connectivity index (χ1) is 8.65. The lowest BCUT2D eigenvalue weighted by atomic mass is 10.3. The van der Waals surface area contributed by atoms with Crippen LogP contribution < -0.4 is 11.4 Å². The van der Waals surface area contributed by atoms with Gasteiger partial charge in [0.25, 0.3) is 0 Å². The number of benzene rings is 1. The highest BCUT2D eigenvalue weighted by atomic mass is 79.9. The molecule has 18 heavy (non-hydrogen) atoms. The molecule has 7 heteroatoms. The van der Waals surface area contributed by atoms with Crippen molar-refractivity contribution in [2.75, 3.05) is 5.73 Å². The maximum Gasteiger partial charge on any atom is 0.332 e. The van der Waals surface area contributed by atoms with E-state index < -0.39 is 0 Å². The second-order valence-electron chi connectivity index (χ2n) is 3.70. The van der Waals surface area contributed by atoms with Crippen molar-refractivity contribution in [3.05, 3.63) is 45.4 Å². The Morgan fingerprint density at radius 1 is 1.33 bits per heavy atom. The summed E-state index contributed by atoms with van der Waals surface area (Å²) in [5.41, 5.74) is 6.73. The van der Waals surface area contributed by atoms with Gasteiger partial charge in [-0.3, -0.25) is 0 Å². The number of rotatable bonds is 1. The van der Waals surface area contributed by atoms with E-state index in [1.807, 2.05) is 18.2 Å². The number of nitrogens with one attached hydrogen (secondary N) is 1. The Kier molecular flexibility index (Phi) is 2.41. The van der Waals surface area contributed by atoms with Crippen molar-refractivity contribution < 1.29 is 0 Å². The molecule has 3 aromatic rings. The van der Waals surface area contributed by atoms with Gasteiger partial charge in [0, 0.05) is 16.7 Å². The van der Waals surface area contributed by atoms with Crippen LogP contribution in [0.2, 0.25) is 0 Å². The third-order valence-corrected chi connectivity index (χ3v) is 3.03. The van der Waals surface area contributed by atoms with Crippen molar-refractivity contribution in [3.63, 3.8) is 0 Å². The van der Waals surface area contributed by atoms with Gasteiger partial charge in [0.05, 0.1) is 11.0 Å². The normalized spacial score (nSPS) is 10.9. The Balaban J connectivity index is 2.38. The number of anilines is 1. The maximum absolute atomic E-state index is 12.0. The molecule has 2 heterocycles. The van der Waals surface area contributed by atoms with Crippen LogP contribution in [0.25, 0.3) is 16.9 Å². The molecule has 0 amide bonds. The van der Waals surface area contributed by atoms with Gasteiger partial charge in [-0.05, 0) is 18.2 Å². The Labute approximate surface area is 110 Å². The minimum absolute atomic E-state index is 0.128. The fraction of sp³-hybridized carbons (Fsp3) is 0. The van der Waals surface area contributed by atoms with Gasteiger partial charge in [-0.1, -0.05) is 15.9 Å². The average Bonchev–Trinajstić information content (AvgIpc) is 2.64. The van der Waals surface area contributed by atoms with Crippen molar-refractivity contribution in [1.82, 2.24) is 19.5 Å². The van der Waals surface area contributed by atoms with E-state index in [1.165, 1.54) is 10.8 Å². The standard InChI is InChI=1S/C11H8BrN5O/c12-6-1-2-7-8(5-6)17(11(18)15-7)9-3-4-14-10(13)16-9/h1-5H,(H,15,18)(H2,13,14,16). The number of fused-ring (bicyclic) bond motifs is 1. The number of nitrogens with zero attached hydrogens (tertiary/aromatic N) is 3. The lowest BCUT2D eigenvalue weighted by Crippen LogP contribution is -2.16. The van der Waals surface area contributed by atoms with E-state index in [4.69, 9.17) is 5.73 Å². The van der Waals surface area contributed by atoms with E-state index in [0.717, 1.165) is 15.5 Å². The first kappa shape index (κ1) is 11.0. The fourth-order valence-corrected chi connectivity index (χ4v) is 2.14. The molecule has 0 bridgehead atoms. The lowest BCUT2D eigenvalue weighted by molar-refractivity contribution is 0.955. The number of hydrogen-bond donors (Lipinski definition) is 2. The molecule has 0 radical (unpaired) electrons. The van der Waals surface area contributed by atoms with Crippen molar-refractivity contribution in [2.45, 2.75) is 0 Å². The van der Waals surface area contributed by atoms with E-state index in [1.54, 1.807) is 6.07 Å². The average molecular weight is 306 g/mol. The van der Waals surface area contributed by atoms with Gasteiger partial charge >= 0.3 is 5.69 Å². The maximum atomic E-state index is 12.0. The molecule has 0 saturated heterocycles. The summed E-state index contributed by atoms with van der Waals surface area (Å²) in [5, 5.41) is 0. The minimum atomic E-state index is -0.263. The third kappa shape index (κ3) is 1.68. The molecule has 0 spiro atoms. The van der Waals surface area contributed by atoms with Gasteiger partial charge in [-0.15, -0.1) is 0 Å². The van der Waals surface area contributed by atoms with Gasteiger partial charge in [0.1, 0.15) is 5.82 Å². The molecule has 0 fully saturated rings. The summed E-state index contributed by atoms with van der Waals surface area (Å²) in [6.45, 7) is 0. The summed E-state index contributed by atoms with van der Waals surface area (Å²) in [6, 6.07) is 7.15. The van der Waals surface area contributed by atoms with Crippen molar-refractivity contribution >= 4 is 32.9 Å². The molecule has 6 nitrogen and oxygen atoms in total. The number of aromatic amines is 1. The van der Waals surface area contributed by atoms with E-state index in [2.05, 4.69) is 30.9 Å². The van der Waals surface area contributed by atoms with Crippen molar-refractivity contribution in [3.8, 4) is 5.82 Å². The Bertz CT molecular complexity index is 791. The minimum Gasteiger partial charge on any atom is -0.368 e. The van der Waals surface area contributed by atoms with Crippen LogP contribution in [0.5, 0.6) is 0 Å². The summed E-state index contributed by atoms with van der Waals surface area (Å²) in [6.07, 6.45) is 1.51. The van der Waals surface area contributed by atoms with Crippen LogP contribution >= 0.6 is 15.9 Å². The topological polar surface area (TPSA) is 89.6 Å². The molecule has 0 atom stereocenters. The third-order valence-electron chi connectivity index (χ3n) is 2.53. The van der Waals surface area contributed by atoms with Crippen LogP contribution in [0.15, 0.2) is 39.7 Å². The molecule has 0 aliphatic heterocycles. The zero-order valence-electron chi connectivity index (χ0n) is 9.09. The smallest absolute Gasteiger partial charge is 0.332 e. The van der Waals surface area contributed by atoms with Gasteiger partial charge in [-0.2, -0.15) is 4.98 Å². The van der Waals surface area contributed by atoms with Gasteiger partial charge in [0.2, 0.25) is 5.95 Å². The molecular formula is C11H8BrN5O. The number of hydrogen-bond acceptors (Lipinski definition) is 4. The van der Waals surface area contributed by atoms with Crippen LogP contribution in [0.1, 0.15) is 0 Å². The molecule has 3 rings (SSSR count). The largest absolute Gasteiger partial charge is 0.368 e. The number of H-pyrrole nitrogens is 1. The van der Waals surface area contributed by atoms with Gasteiger partial charge in [-0.25, -0.2) is 14.3 Å². The van der Waals surface area contributed by atoms with E-state index in [9.17, 15) is 4.79 Å². The lowest BCUT2D eigenvalue weighted by Gasteiger charge is -2.02. The first-order valence-electron chi connectivity index (χ1n) is 5.14. The molecular weight excluding hydrogens is 298 g/mol. The van der Waals surface area contributed by atoms with Gasteiger partial charge < -0.3 is 10.7 Å². The Morgan fingerprint density at radius 2 is 2.17 bits per heavy atom. The fourth-order valence-electron chi connectivity index (χ4n) is 1.79. The monoisotopic (exact) mass is 305 g/mol.